The topological polar surface area (TPSA) is 29.9 Å². The summed E-state index contributed by atoms with van der Waals surface area (Å²) in [7, 11) is 0. The van der Waals surface area contributed by atoms with E-state index in [1.807, 2.05) is 6.92 Å². The van der Waals surface area contributed by atoms with Crippen LogP contribution in [0.1, 0.15) is 12.1 Å². The summed E-state index contributed by atoms with van der Waals surface area (Å²) >= 11 is 3.37. The molecule has 18 heavy (non-hydrogen) atoms. The Balaban J connectivity index is 2.17. The van der Waals surface area contributed by atoms with Gasteiger partial charge in [0.15, 0.2) is 0 Å². The van der Waals surface area contributed by atoms with Crippen molar-refractivity contribution in [1.82, 2.24) is 9.55 Å². The number of halogens is 2. The SMILES string of the molecule is Cc1c(-c2cc(Br)ccc2F)nc2n1CCCN2. The molecule has 0 amide bonds. The van der Waals surface area contributed by atoms with Crippen molar-refractivity contribution in [2.75, 3.05) is 11.9 Å². The lowest BCUT2D eigenvalue weighted by Crippen LogP contribution is -2.17. The van der Waals surface area contributed by atoms with Gasteiger partial charge in [0.05, 0.1) is 5.69 Å². The summed E-state index contributed by atoms with van der Waals surface area (Å²) in [5, 5.41) is 3.25. The van der Waals surface area contributed by atoms with E-state index in [1.54, 1.807) is 12.1 Å². The predicted octanol–water partition coefficient (Wildman–Crippen LogP) is 3.58. The monoisotopic (exact) mass is 309 g/mol. The lowest BCUT2D eigenvalue weighted by atomic mass is 10.1. The molecule has 0 spiro atoms. The first kappa shape index (κ1) is 11.7. The van der Waals surface area contributed by atoms with Crippen molar-refractivity contribution >= 4 is 21.9 Å². The molecular formula is C13H13BrFN3. The smallest absolute Gasteiger partial charge is 0.203 e. The molecular weight excluding hydrogens is 297 g/mol. The van der Waals surface area contributed by atoms with E-state index < -0.39 is 0 Å². The van der Waals surface area contributed by atoms with Gasteiger partial charge in [0, 0.05) is 28.8 Å². The average molecular weight is 310 g/mol. The van der Waals surface area contributed by atoms with E-state index >= 15 is 0 Å². The number of imidazole rings is 1. The quantitative estimate of drug-likeness (QED) is 0.872. The van der Waals surface area contributed by atoms with Crippen molar-refractivity contribution in [3.05, 3.63) is 34.2 Å². The maximum Gasteiger partial charge on any atom is 0.203 e. The van der Waals surface area contributed by atoms with Gasteiger partial charge in [0.25, 0.3) is 0 Å². The molecule has 1 aliphatic rings. The zero-order valence-electron chi connectivity index (χ0n) is 10.0. The van der Waals surface area contributed by atoms with Gasteiger partial charge in [-0.1, -0.05) is 15.9 Å². The molecule has 0 radical (unpaired) electrons. The highest BCUT2D eigenvalue weighted by Crippen LogP contribution is 2.31. The molecule has 94 valence electrons. The van der Waals surface area contributed by atoms with Crippen LogP contribution in [0.5, 0.6) is 0 Å². The average Bonchev–Trinajstić information content (AvgIpc) is 2.71. The van der Waals surface area contributed by atoms with Crippen LogP contribution >= 0.6 is 15.9 Å². The summed E-state index contributed by atoms with van der Waals surface area (Å²) in [5.74, 6) is 0.602. The molecule has 0 bridgehead atoms. The molecule has 1 aromatic carbocycles. The van der Waals surface area contributed by atoms with Crippen molar-refractivity contribution in [2.45, 2.75) is 19.9 Å². The lowest BCUT2D eigenvalue weighted by molar-refractivity contribution is 0.614. The Hall–Kier alpha value is -1.36. The number of rotatable bonds is 1. The Labute approximate surface area is 113 Å². The third-order valence-corrected chi connectivity index (χ3v) is 3.74. The Bertz CT molecular complexity index is 607. The highest BCUT2D eigenvalue weighted by atomic mass is 79.9. The van der Waals surface area contributed by atoms with Gasteiger partial charge >= 0.3 is 0 Å². The van der Waals surface area contributed by atoms with E-state index in [4.69, 9.17) is 0 Å². The number of nitrogens with one attached hydrogen (secondary N) is 1. The van der Waals surface area contributed by atoms with Crippen LogP contribution in [0.2, 0.25) is 0 Å². The van der Waals surface area contributed by atoms with Crippen LogP contribution in [0.4, 0.5) is 10.3 Å². The number of hydrogen-bond acceptors (Lipinski definition) is 2. The fourth-order valence-corrected chi connectivity index (χ4v) is 2.67. The second-order valence-corrected chi connectivity index (χ2v) is 5.34. The standard InChI is InChI=1S/C13H13BrFN3/c1-8-12(10-7-9(14)3-4-11(10)15)17-13-16-5-2-6-18(8)13/h3-4,7H,2,5-6H2,1H3,(H,16,17). The Morgan fingerprint density at radius 3 is 3.06 bits per heavy atom. The summed E-state index contributed by atoms with van der Waals surface area (Å²) in [6.45, 7) is 3.85. The molecule has 1 aliphatic heterocycles. The highest BCUT2D eigenvalue weighted by Gasteiger charge is 2.19. The molecule has 0 aliphatic carbocycles. The van der Waals surface area contributed by atoms with Crippen molar-refractivity contribution in [3.63, 3.8) is 0 Å². The molecule has 0 saturated carbocycles. The first-order valence-corrected chi connectivity index (χ1v) is 6.72. The molecule has 3 nitrogen and oxygen atoms in total. The summed E-state index contributed by atoms with van der Waals surface area (Å²) in [4.78, 5) is 4.51. The first-order valence-electron chi connectivity index (χ1n) is 5.93. The van der Waals surface area contributed by atoms with E-state index in [2.05, 4.69) is 30.8 Å². The van der Waals surface area contributed by atoms with E-state index in [0.29, 0.717) is 5.56 Å². The summed E-state index contributed by atoms with van der Waals surface area (Å²) in [6, 6.07) is 4.93. The van der Waals surface area contributed by atoms with Crippen LogP contribution in [-0.4, -0.2) is 16.1 Å². The zero-order chi connectivity index (χ0) is 12.7. The number of benzene rings is 1. The zero-order valence-corrected chi connectivity index (χ0v) is 11.6. The summed E-state index contributed by atoms with van der Waals surface area (Å²) in [5.41, 5.74) is 2.28. The maximum atomic E-state index is 13.9. The molecule has 3 rings (SSSR count). The van der Waals surface area contributed by atoms with E-state index in [0.717, 1.165) is 41.3 Å². The minimum atomic E-state index is -0.239. The van der Waals surface area contributed by atoms with Gasteiger partial charge in [-0.25, -0.2) is 9.37 Å². The van der Waals surface area contributed by atoms with Gasteiger partial charge in [-0.3, -0.25) is 0 Å². The molecule has 5 heteroatoms. The summed E-state index contributed by atoms with van der Waals surface area (Å²) < 4.78 is 16.9. The summed E-state index contributed by atoms with van der Waals surface area (Å²) in [6.07, 6.45) is 1.07. The lowest BCUT2D eigenvalue weighted by Gasteiger charge is -2.16. The van der Waals surface area contributed by atoms with Gasteiger partial charge in [0.1, 0.15) is 5.82 Å². The van der Waals surface area contributed by atoms with E-state index in [1.165, 1.54) is 6.07 Å². The van der Waals surface area contributed by atoms with Crippen LogP contribution in [-0.2, 0) is 6.54 Å². The Morgan fingerprint density at radius 2 is 2.28 bits per heavy atom. The second kappa shape index (κ2) is 4.39. The molecule has 2 heterocycles. The van der Waals surface area contributed by atoms with Gasteiger partial charge in [-0.2, -0.15) is 0 Å². The fraction of sp³-hybridized carbons (Fsp3) is 0.308. The van der Waals surface area contributed by atoms with Crippen LogP contribution in [0.15, 0.2) is 22.7 Å². The highest BCUT2D eigenvalue weighted by molar-refractivity contribution is 9.10. The molecule has 0 fully saturated rings. The number of hydrogen-bond donors (Lipinski definition) is 1. The molecule has 0 atom stereocenters. The van der Waals surface area contributed by atoms with Crippen molar-refractivity contribution in [3.8, 4) is 11.3 Å². The third kappa shape index (κ3) is 1.82. The van der Waals surface area contributed by atoms with Crippen LogP contribution in [0.25, 0.3) is 11.3 Å². The largest absolute Gasteiger partial charge is 0.356 e. The van der Waals surface area contributed by atoms with Crippen molar-refractivity contribution in [2.24, 2.45) is 0 Å². The van der Waals surface area contributed by atoms with Crippen molar-refractivity contribution < 1.29 is 4.39 Å². The van der Waals surface area contributed by atoms with Gasteiger partial charge < -0.3 is 9.88 Å². The normalized spacial score (nSPS) is 14.2. The number of anilines is 1. The van der Waals surface area contributed by atoms with Gasteiger partial charge in [-0.05, 0) is 31.5 Å². The van der Waals surface area contributed by atoms with Crippen LogP contribution in [0, 0.1) is 12.7 Å². The number of aromatic nitrogens is 2. The Kier molecular flexibility index (Phi) is 2.86. The first-order chi connectivity index (χ1) is 8.66. The van der Waals surface area contributed by atoms with Gasteiger partial charge in [-0.15, -0.1) is 0 Å². The third-order valence-electron chi connectivity index (χ3n) is 3.25. The maximum absolute atomic E-state index is 13.9. The van der Waals surface area contributed by atoms with Crippen molar-refractivity contribution in [1.29, 1.82) is 0 Å². The molecule has 0 unspecified atom stereocenters. The van der Waals surface area contributed by atoms with Gasteiger partial charge in [0.2, 0.25) is 5.95 Å². The number of fused-ring (bicyclic) bond motifs is 1. The number of nitrogens with zero attached hydrogens (tertiary/aromatic N) is 2. The molecule has 0 saturated heterocycles. The Morgan fingerprint density at radius 1 is 1.44 bits per heavy atom. The van der Waals surface area contributed by atoms with Crippen LogP contribution < -0.4 is 5.32 Å². The minimum Gasteiger partial charge on any atom is -0.356 e. The minimum absolute atomic E-state index is 0.239. The fourth-order valence-electron chi connectivity index (χ4n) is 2.31. The van der Waals surface area contributed by atoms with Crippen LogP contribution in [0.3, 0.4) is 0 Å². The van der Waals surface area contributed by atoms with E-state index in [9.17, 15) is 4.39 Å². The second-order valence-electron chi connectivity index (χ2n) is 4.43. The predicted molar refractivity (Wildman–Crippen MR) is 73.2 cm³/mol. The molecule has 1 aromatic heterocycles. The molecule has 2 aromatic rings. The van der Waals surface area contributed by atoms with E-state index in [-0.39, 0.29) is 5.82 Å². The molecule has 1 N–H and O–H groups in total.